The predicted octanol–water partition coefficient (Wildman–Crippen LogP) is 6.78. The van der Waals surface area contributed by atoms with Crippen LogP contribution >= 0.6 is 0 Å². The van der Waals surface area contributed by atoms with Gasteiger partial charge in [0.1, 0.15) is 17.0 Å². The Balaban J connectivity index is 1.49. The van der Waals surface area contributed by atoms with Crippen LogP contribution in [0.25, 0.3) is 10.9 Å². The summed E-state index contributed by atoms with van der Waals surface area (Å²) in [6.07, 6.45) is 9.10. The SMILES string of the molecule is CN1CCC[C@@H]1c1cc2cnc(NC(=O)CCCCCCCCNC(=O)OC(C)(C)C)cc2n1C(=O)OC(C)(C)C. The molecule has 1 fully saturated rings. The topological polar surface area (TPSA) is 115 Å². The van der Waals surface area contributed by atoms with Crippen LogP contribution in [0.1, 0.15) is 111 Å². The van der Waals surface area contributed by atoms with Crippen molar-refractivity contribution < 1.29 is 23.9 Å². The van der Waals surface area contributed by atoms with Gasteiger partial charge >= 0.3 is 12.2 Å². The van der Waals surface area contributed by atoms with Crippen molar-refractivity contribution in [3.8, 4) is 0 Å². The highest BCUT2D eigenvalue weighted by Crippen LogP contribution is 2.35. The van der Waals surface area contributed by atoms with Gasteiger partial charge in [-0.15, -0.1) is 0 Å². The molecule has 2 N–H and O–H groups in total. The Bertz CT molecular complexity index is 1190. The van der Waals surface area contributed by atoms with Crippen molar-refractivity contribution in [2.45, 2.75) is 117 Å². The van der Waals surface area contributed by atoms with E-state index in [1.165, 1.54) is 0 Å². The lowest BCUT2D eigenvalue weighted by molar-refractivity contribution is -0.116. The summed E-state index contributed by atoms with van der Waals surface area (Å²) in [5, 5.41) is 6.52. The quantitative estimate of drug-likeness (QED) is 0.286. The highest BCUT2D eigenvalue weighted by molar-refractivity contribution is 5.95. The van der Waals surface area contributed by atoms with Crippen LogP contribution in [0.4, 0.5) is 15.4 Å². The number of anilines is 1. The van der Waals surface area contributed by atoms with Gasteiger partial charge in [0.15, 0.2) is 0 Å². The number of nitrogens with one attached hydrogen (secondary N) is 2. The van der Waals surface area contributed by atoms with Gasteiger partial charge < -0.3 is 20.1 Å². The number of amides is 2. The van der Waals surface area contributed by atoms with Crippen LogP contribution in [0.5, 0.6) is 0 Å². The molecule has 1 aliphatic heterocycles. The Labute approximate surface area is 244 Å². The lowest BCUT2D eigenvalue weighted by Gasteiger charge is -2.24. The Morgan fingerprint density at radius 2 is 1.61 bits per heavy atom. The first kappa shape index (κ1) is 32.4. The summed E-state index contributed by atoms with van der Waals surface area (Å²) in [5.41, 5.74) is 0.453. The number of unbranched alkanes of at least 4 members (excludes halogenated alkanes) is 5. The number of likely N-dealkylation sites (tertiary alicyclic amines) is 1. The largest absolute Gasteiger partial charge is 0.444 e. The summed E-state index contributed by atoms with van der Waals surface area (Å²) in [4.78, 5) is 44.3. The first-order chi connectivity index (χ1) is 19.2. The number of ether oxygens (including phenoxy) is 2. The number of carbonyl (C=O) groups excluding carboxylic acids is 3. The molecule has 1 aliphatic rings. The molecule has 10 heteroatoms. The second-order valence-electron chi connectivity index (χ2n) is 13.0. The second kappa shape index (κ2) is 14.2. The molecular weight excluding hydrogens is 522 g/mol. The van der Waals surface area contributed by atoms with E-state index >= 15 is 0 Å². The summed E-state index contributed by atoms with van der Waals surface area (Å²) in [6.45, 7) is 12.7. The van der Waals surface area contributed by atoms with Crippen molar-refractivity contribution in [3.05, 3.63) is 24.0 Å². The number of alkyl carbamates (subject to hydrolysis) is 1. The average molecular weight is 572 g/mol. The van der Waals surface area contributed by atoms with E-state index in [4.69, 9.17) is 9.47 Å². The van der Waals surface area contributed by atoms with Gasteiger partial charge in [-0.3, -0.25) is 9.69 Å². The minimum absolute atomic E-state index is 0.0930. The van der Waals surface area contributed by atoms with Crippen LogP contribution in [0.15, 0.2) is 18.3 Å². The molecule has 228 valence electrons. The van der Waals surface area contributed by atoms with Crippen LogP contribution in [0, 0.1) is 0 Å². The molecule has 2 amide bonds. The molecule has 1 atom stereocenters. The number of aromatic nitrogens is 2. The first-order valence-electron chi connectivity index (χ1n) is 15.0. The van der Waals surface area contributed by atoms with Crippen LogP contribution < -0.4 is 10.6 Å². The Morgan fingerprint density at radius 1 is 0.951 bits per heavy atom. The maximum absolute atomic E-state index is 13.3. The van der Waals surface area contributed by atoms with Gasteiger partial charge in [-0.1, -0.05) is 25.7 Å². The van der Waals surface area contributed by atoms with Crippen molar-refractivity contribution in [3.63, 3.8) is 0 Å². The Kier molecular flexibility index (Phi) is 11.2. The molecule has 41 heavy (non-hydrogen) atoms. The highest BCUT2D eigenvalue weighted by Gasteiger charge is 2.30. The van der Waals surface area contributed by atoms with E-state index in [1.54, 1.807) is 16.8 Å². The van der Waals surface area contributed by atoms with Crippen LogP contribution in [-0.2, 0) is 14.3 Å². The van der Waals surface area contributed by atoms with E-state index in [1.807, 2.05) is 47.6 Å². The molecule has 2 aromatic heterocycles. The zero-order chi connectivity index (χ0) is 30.2. The zero-order valence-corrected chi connectivity index (χ0v) is 26.0. The number of nitrogens with zero attached hydrogens (tertiary/aromatic N) is 3. The molecule has 2 aromatic rings. The highest BCUT2D eigenvalue weighted by atomic mass is 16.6. The van der Waals surface area contributed by atoms with Gasteiger partial charge in [-0.25, -0.2) is 19.1 Å². The van der Waals surface area contributed by atoms with Crippen molar-refractivity contribution in [1.82, 2.24) is 19.8 Å². The third-order valence-corrected chi connectivity index (χ3v) is 6.92. The van der Waals surface area contributed by atoms with Crippen LogP contribution in [0.3, 0.4) is 0 Å². The molecule has 3 heterocycles. The molecule has 0 bridgehead atoms. The number of pyridine rings is 1. The Morgan fingerprint density at radius 3 is 2.24 bits per heavy atom. The van der Waals surface area contributed by atoms with Gasteiger partial charge in [0.05, 0.1) is 11.6 Å². The molecule has 1 saturated heterocycles. The lowest BCUT2D eigenvalue weighted by atomic mass is 10.1. The smallest absolute Gasteiger partial charge is 0.419 e. The third-order valence-electron chi connectivity index (χ3n) is 6.92. The fraction of sp³-hybridized carbons (Fsp3) is 0.677. The summed E-state index contributed by atoms with van der Waals surface area (Å²) >= 11 is 0. The van der Waals surface area contributed by atoms with E-state index in [-0.39, 0.29) is 18.0 Å². The van der Waals surface area contributed by atoms with Gasteiger partial charge in [0.2, 0.25) is 5.91 Å². The summed E-state index contributed by atoms with van der Waals surface area (Å²) in [7, 11) is 2.07. The molecule has 0 aliphatic carbocycles. The van der Waals surface area contributed by atoms with Crippen molar-refractivity contribution in [2.24, 2.45) is 0 Å². The predicted molar refractivity (Wildman–Crippen MR) is 161 cm³/mol. The standard InChI is InChI=1S/C31H49N5O5/c1-30(2,3)40-28(38)32-17-13-11-9-8-10-12-16-27(37)34-26-20-24-22(21-33-26)19-25(23-15-14-18-35(23)7)36(24)29(39)41-31(4,5)6/h19-21,23H,8-18H2,1-7H3,(H,32,38)(H,33,34,37)/t23-/m1/s1. The van der Waals surface area contributed by atoms with E-state index in [2.05, 4.69) is 27.6 Å². The van der Waals surface area contributed by atoms with Crippen molar-refractivity contribution in [2.75, 3.05) is 25.5 Å². The number of fused-ring (bicyclic) bond motifs is 1. The summed E-state index contributed by atoms with van der Waals surface area (Å²) in [6, 6.07) is 3.90. The Hall–Kier alpha value is -3.14. The minimum atomic E-state index is -0.631. The molecule has 0 aromatic carbocycles. The molecule has 10 nitrogen and oxygen atoms in total. The van der Waals surface area contributed by atoms with Crippen LogP contribution in [-0.4, -0.2) is 63.9 Å². The fourth-order valence-electron chi connectivity index (χ4n) is 5.06. The maximum atomic E-state index is 13.3. The molecule has 0 unspecified atom stereocenters. The molecule has 3 rings (SSSR count). The summed E-state index contributed by atoms with van der Waals surface area (Å²) in [5.74, 6) is 0.332. The summed E-state index contributed by atoms with van der Waals surface area (Å²) < 4.78 is 12.6. The fourth-order valence-corrected chi connectivity index (χ4v) is 5.06. The van der Waals surface area contributed by atoms with Crippen LogP contribution in [0.2, 0.25) is 0 Å². The second-order valence-corrected chi connectivity index (χ2v) is 13.0. The minimum Gasteiger partial charge on any atom is -0.444 e. The number of hydrogen-bond acceptors (Lipinski definition) is 7. The normalized spacial score (nSPS) is 16.1. The zero-order valence-electron chi connectivity index (χ0n) is 26.0. The lowest BCUT2D eigenvalue weighted by Crippen LogP contribution is -2.32. The van der Waals surface area contributed by atoms with E-state index < -0.39 is 17.3 Å². The van der Waals surface area contributed by atoms with E-state index in [0.29, 0.717) is 24.3 Å². The van der Waals surface area contributed by atoms with Gasteiger partial charge in [-0.2, -0.15) is 0 Å². The van der Waals surface area contributed by atoms with E-state index in [0.717, 1.165) is 69.0 Å². The molecule has 0 spiro atoms. The molecular formula is C31H49N5O5. The van der Waals surface area contributed by atoms with Gasteiger partial charge in [-0.05, 0) is 86.9 Å². The van der Waals surface area contributed by atoms with E-state index in [9.17, 15) is 14.4 Å². The average Bonchev–Trinajstić information content (AvgIpc) is 3.43. The van der Waals surface area contributed by atoms with Gasteiger partial charge in [0.25, 0.3) is 0 Å². The number of hydrogen-bond donors (Lipinski definition) is 2. The first-order valence-corrected chi connectivity index (χ1v) is 15.0. The third kappa shape index (κ3) is 10.3. The maximum Gasteiger partial charge on any atom is 0.419 e. The monoisotopic (exact) mass is 571 g/mol. The molecule has 0 saturated carbocycles. The number of carbonyl (C=O) groups is 3. The van der Waals surface area contributed by atoms with Crippen molar-refractivity contribution in [1.29, 1.82) is 0 Å². The molecule has 0 radical (unpaired) electrons. The number of rotatable bonds is 11. The van der Waals surface area contributed by atoms with Crippen molar-refractivity contribution >= 4 is 34.8 Å². The van der Waals surface area contributed by atoms with Gasteiger partial charge in [0, 0.05) is 36.3 Å².